The number of carbonyl (C=O) groups excluding carboxylic acids is 2. The highest BCUT2D eigenvalue weighted by Gasteiger charge is 2.21. The molecule has 6 N–H and O–H groups in total. The van der Waals surface area contributed by atoms with Gasteiger partial charge < -0.3 is 49.2 Å². The molecular formula is C37H29N5O10. The number of ether oxygens (including phenoxy) is 2. The lowest BCUT2D eigenvalue weighted by Gasteiger charge is -2.09. The fourth-order valence-corrected chi connectivity index (χ4v) is 5.84. The van der Waals surface area contributed by atoms with E-state index < -0.39 is 46.4 Å². The van der Waals surface area contributed by atoms with Gasteiger partial charge in [0.25, 0.3) is 0 Å². The molecule has 0 saturated carbocycles. The van der Waals surface area contributed by atoms with Crippen molar-refractivity contribution in [3.63, 3.8) is 0 Å². The summed E-state index contributed by atoms with van der Waals surface area (Å²) < 4.78 is 14.5. The third-order valence-corrected chi connectivity index (χ3v) is 8.32. The normalized spacial score (nSPS) is 11.3. The Morgan fingerprint density at radius 3 is 1.31 bits per heavy atom. The van der Waals surface area contributed by atoms with Gasteiger partial charge in [0.05, 0.1) is 33.2 Å². The molecule has 0 aliphatic rings. The molecule has 7 rings (SSSR count). The number of aromatic nitrogens is 5. The Morgan fingerprint density at radius 2 is 0.942 bits per heavy atom. The Kier molecular flexibility index (Phi) is 8.22. The van der Waals surface area contributed by atoms with Gasteiger partial charge >= 0.3 is 11.9 Å². The number of carbonyl (C=O) groups is 2. The van der Waals surface area contributed by atoms with Crippen molar-refractivity contribution in [2.45, 2.75) is 26.9 Å². The van der Waals surface area contributed by atoms with E-state index in [1.54, 1.807) is 36.4 Å². The summed E-state index contributed by atoms with van der Waals surface area (Å²) in [5, 5.41) is 58.2. The van der Waals surface area contributed by atoms with Crippen LogP contribution in [0.2, 0.25) is 0 Å². The molecule has 3 aromatic heterocycles. The number of phenols is 6. The molecule has 0 aliphatic carbocycles. The lowest BCUT2D eigenvalue weighted by Crippen LogP contribution is -2.08. The molecule has 3 heterocycles. The first kappa shape index (κ1) is 33.2. The first-order valence-electron chi connectivity index (χ1n) is 15.9. The number of nitrogens with zero attached hydrogens (tertiary/aromatic N) is 5. The zero-order valence-corrected chi connectivity index (χ0v) is 27.5. The van der Waals surface area contributed by atoms with Crippen molar-refractivity contribution in [3.05, 3.63) is 90.0 Å². The molecule has 0 saturated heterocycles. The molecular weight excluding hydrogens is 674 g/mol. The molecule has 0 fully saturated rings. The van der Waals surface area contributed by atoms with Crippen LogP contribution in [-0.4, -0.2) is 66.7 Å². The van der Waals surface area contributed by atoms with Crippen LogP contribution in [-0.2, 0) is 13.1 Å². The Bertz CT molecular complexity index is 2360. The maximum Gasteiger partial charge on any atom is 0.343 e. The van der Waals surface area contributed by atoms with Crippen molar-refractivity contribution < 1.29 is 49.7 Å². The van der Waals surface area contributed by atoms with Crippen LogP contribution in [0, 0.1) is 0 Å². The summed E-state index contributed by atoms with van der Waals surface area (Å²) in [6.45, 7) is 4.96. The van der Waals surface area contributed by atoms with Crippen molar-refractivity contribution in [3.8, 4) is 69.0 Å². The second-order valence-corrected chi connectivity index (χ2v) is 11.6. The standard InChI is InChI=1S/C37H29N5O10/c1-3-41-26-10-8-18(36(49)51-20-14-28(43)32(47)29(44)15-20)12-24(26)39-34(41)22-6-5-7-23(38-22)35-40-25-13-19(9-11-27(25)42(35)4-2)37(50)52-21-16-30(45)33(48)31(46)17-21/h5-17,43-48H,3-4H2,1-2H3. The zero-order chi connectivity index (χ0) is 36.8. The molecule has 0 atom stereocenters. The summed E-state index contributed by atoms with van der Waals surface area (Å²) in [5.74, 6) is -4.82. The summed E-state index contributed by atoms with van der Waals surface area (Å²) in [6, 6.07) is 19.2. The van der Waals surface area contributed by atoms with E-state index in [2.05, 4.69) is 0 Å². The number of aryl methyl sites for hydroxylation is 2. The van der Waals surface area contributed by atoms with Gasteiger partial charge in [-0.2, -0.15) is 0 Å². The monoisotopic (exact) mass is 703 g/mol. The molecule has 4 aromatic carbocycles. The Labute approximate surface area is 293 Å². The van der Waals surface area contributed by atoms with Crippen LogP contribution < -0.4 is 9.47 Å². The number of phenolic OH excluding ortho intramolecular Hbond substituents is 6. The van der Waals surface area contributed by atoms with Gasteiger partial charge in [-0.1, -0.05) is 6.07 Å². The SMILES string of the molecule is CCn1c(-c2cccc(-c3nc4cc(C(=O)Oc5cc(O)c(O)c(O)c5)ccc4n3CC)n2)nc2cc(C(=O)Oc3cc(O)c(O)c(O)c3)ccc21. The average molecular weight is 704 g/mol. The van der Waals surface area contributed by atoms with Crippen molar-refractivity contribution in [1.82, 2.24) is 24.1 Å². The molecule has 0 radical (unpaired) electrons. The molecule has 0 bridgehead atoms. The number of aromatic hydroxyl groups is 6. The molecule has 0 spiro atoms. The van der Waals surface area contributed by atoms with Gasteiger partial charge in [-0.25, -0.2) is 24.5 Å². The molecule has 52 heavy (non-hydrogen) atoms. The maximum atomic E-state index is 13.0. The van der Waals surface area contributed by atoms with Crippen molar-refractivity contribution in [2.75, 3.05) is 0 Å². The second kappa shape index (κ2) is 12.9. The third-order valence-electron chi connectivity index (χ3n) is 8.32. The highest BCUT2D eigenvalue weighted by atomic mass is 16.5. The minimum Gasteiger partial charge on any atom is -0.504 e. The average Bonchev–Trinajstić information content (AvgIpc) is 3.70. The summed E-state index contributed by atoms with van der Waals surface area (Å²) in [4.78, 5) is 40.4. The Hall–Kier alpha value is -7.29. The van der Waals surface area contributed by atoms with Gasteiger partial charge in [-0.3, -0.25) is 0 Å². The number of esters is 2. The highest BCUT2D eigenvalue weighted by Crippen LogP contribution is 2.40. The predicted octanol–water partition coefficient (Wildman–Crippen LogP) is 5.83. The summed E-state index contributed by atoms with van der Waals surface area (Å²) >= 11 is 0. The van der Waals surface area contributed by atoms with E-state index in [0.29, 0.717) is 47.2 Å². The van der Waals surface area contributed by atoms with E-state index in [1.165, 1.54) is 0 Å². The number of imidazole rings is 2. The number of benzene rings is 4. The lowest BCUT2D eigenvalue weighted by atomic mass is 10.2. The van der Waals surface area contributed by atoms with E-state index in [-0.39, 0.29) is 22.6 Å². The van der Waals surface area contributed by atoms with Gasteiger partial charge in [0, 0.05) is 37.4 Å². The smallest absolute Gasteiger partial charge is 0.343 e. The summed E-state index contributed by atoms with van der Waals surface area (Å²) in [7, 11) is 0. The minimum absolute atomic E-state index is 0.160. The van der Waals surface area contributed by atoms with Gasteiger partial charge in [0.1, 0.15) is 22.9 Å². The lowest BCUT2D eigenvalue weighted by molar-refractivity contribution is 0.0724. The van der Waals surface area contributed by atoms with Crippen molar-refractivity contribution in [2.24, 2.45) is 0 Å². The number of pyridine rings is 1. The second-order valence-electron chi connectivity index (χ2n) is 11.6. The van der Waals surface area contributed by atoms with Crippen LogP contribution in [0.1, 0.15) is 34.6 Å². The van der Waals surface area contributed by atoms with Gasteiger partial charge in [0.15, 0.2) is 34.6 Å². The van der Waals surface area contributed by atoms with Crippen LogP contribution in [0.5, 0.6) is 46.0 Å². The van der Waals surface area contributed by atoms with Crippen molar-refractivity contribution in [1.29, 1.82) is 0 Å². The molecule has 7 aromatic rings. The van der Waals surface area contributed by atoms with Gasteiger partial charge in [-0.05, 0) is 62.4 Å². The van der Waals surface area contributed by atoms with E-state index in [4.69, 9.17) is 24.4 Å². The van der Waals surface area contributed by atoms with E-state index >= 15 is 0 Å². The topological polar surface area (TPSA) is 223 Å². The van der Waals surface area contributed by atoms with Crippen molar-refractivity contribution >= 4 is 34.0 Å². The Morgan fingerprint density at radius 1 is 0.558 bits per heavy atom. The minimum atomic E-state index is -0.770. The molecule has 0 amide bonds. The Balaban J connectivity index is 1.19. The van der Waals surface area contributed by atoms with Crippen LogP contribution >= 0.6 is 0 Å². The molecule has 0 aliphatic heterocycles. The highest BCUT2D eigenvalue weighted by molar-refractivity contribution is 5.97. The third kappa shape index (κ3) is 5.85. The quantitative estimate of drug-likeness (QED) is 0.0624. The van der Waals surface area contributed by atoms with Gasteiger partial charge in [0.2, 0.25) is 11.5 Å². The predicted molar refractivity (Wildman–Crippen MR) is 186 cm³/mol. The number of rotatable bonds is 8. The van der Waals surface area contributed by atoms with Crippen LogP contribution in [0.15, 0.2) is 78.9 Å². The van der Waals surface area contributed by atoms with Crippen LogP contribution in [0.25, 0.3) is 45.1 Å². The zero-order valence-electron chi connectivity index (χ0n) is 27.5. The van der Waals surface area contributed by atoms with Crippen LogP contribution in [0.3, 0.4) is 0 Å². The number of hydrogen-bond acceptors (Lipinski definition) is 13. The summed E-state index contributed by atoms with van der Waals surface area (Å²) in [5.41, 5.74) is 3.85. The van der Waals surface area contributed by atoms with E-state index in [0.717, 1.165) is 35.3 Å². The first-order valence-corrected chi connectivity index (χ1v) is 15.9. The first-order chi connectivity index (χ1) is 24.9. The molecule has 15 heteroatoms. The fourth-order valence-electron chi connectivity index (χ4n) is 5.84. The largest absolute Gasteiger partial charge is 0.504 e. The molecule has 0 unspecified atom stereocenters. The maximum absolute atomic E-state index is 13.0. The summed E-state index contributed by atoms with van der Waals surface area (Å²) in [6.07, 6.45) is 0. The van der Waals surface area contributed by atoms with Crippen LogP contribution in [0.4, 0.5) is 0 Å². The number of fused-ring (bicyclic) bond motifs is 2. The van der Waals surface area contributed by atoms with Gasteiger partial charge in [-0.15, -0.1) is 0 Å². The fraction of sp³-hybridized carbons (Fsp3) is 0.108. The number of hydrogen-bond donors (Lipinski definition) is 6. The van der Waals surface area contributed by atoms with E-state index in [9.17, 15) is 40.2 Å². The van der Waals surface area contributed by atoms with E-state index in [1.807, 2.05) is 41.2 Å². The molecule has 15 nitrogen and oxygen atoms in total. The molecule has 262 valence electrons.